The van der Waals surface area contributed by atoms with E-state index in [1.165, 1.54) is 0 Å². The number of carbonyl (C=O) groups is 1. The molecular weight excluding hydrogens is 390 g/mol. The molecule has 0 heterocycles. The number of amidine groups is 1. The van der Waals surface area contributed by atoms with E-state index in [0.29, 0.717) is 29.0 Å². The van der Waals surface area contributed by atoms with Crippen molar-refractivity contribution in [1.29, 1.82) is 5.41 Å². The van der Waals surface area contributed by atoms with Crippen LogP contribution in [0.15, 0.2) is 59.6 Å². The molecule has 0 atom stereocenters. The third-order valence-electron chi connectivity index (χ3n) is 4.62. The number of nitrogens with two attached hydrogens (primary N) is 3. The van der Waals surface area contributed by atoms with Gasteiger partial charge in [0.2, 0.25) is 0 Å². The predicted molar refractivity (Wildman–Crippen MR) is 125 cm³/mol. The van der Waals surface area contributed by atoms with Crippen LogP contribution in [0.3, 0.4) is 0 Å². The average molecular weight is 418 g/mol. The van der Waals surface area contributed by atoms with E-state index < -0.39 is 5.97 Å². The summed E-state index contributed by atoms with van der Waals surface area (Å²) in [6, 6.07) is 16.0. The quantitative estimate of drug-likeness (QED) is 0.216. The van der Waals surface area contributed by atoms with Crippen LogP contribution in [0.5, 0.6) is 5.75 Å². The van der Waals surface area contributed by atoms with Crippen molar-refractivity contribution in [2.45, 2.75) is 27.2 Å². The number of hydrogen-bond donors (Lipinski definition) is 4. The number of nitrogens with one attached hydrogen (secondary N) is 1. The Morgan fingerprint density at radius 1 is 0.968 bits per heavy atom. The van der Waals surface area contributed by atoms with Crippen molar-refractivity contribution in [3.8, 4) is 5.75 Å². The number of rotatable bonds is 5. The summed E-state index contributed by atoms with van der Waals surface area (Å²) < 4.78 is 5.67. The van der Waals surface area contributed by atoms with E-state index in [0.717, 1.165) is 16.3 Å². The molecule has 0 radical (unpaired) electrons. The smallest absolute Gasteiger partial charge is 0.343 e. The molecule has 3 aromatic carbocycles. The maximum Gasteiger partial charge on any atom is 0.343 e. The lowest BCUT2D eigenvalue weighted by molar-refractivity contribution is 0.0733. The van der Waals surface area contributed by atoms with Gasteiger partial charge in [-0.1, -0.05) is 39.0 Å². The Balaban J connectivity index is 1.92. The largest absolute Gasteiger partial charge is 0.423 e. The first kappa shape index (κ1) is 21.8. The molecule has 0 bridgehead atoms. The normalized spacial score (nSPS) is 11.2. The maximum absolute atomic E-state index is 13.0. The Hall–Kier alpha value is -3.87. The molecule has 0 aliphatic carbocycles. The van der Waals surface area contributed by atoms with Crippen LogP contribution < -0.4 is 21.9 Å². The van der Waals surface area contributed by atoms with Crippen molar-refractivity contribution in [2.24, 2.45) is 27.6 Å². The first-order valence-corrected chi connectivity index (χ1v) is 9.85. The van der Waals surface area contributed by atoms with Crippen molar-refractivity contribution in [3.63, 3.8) is 0 Å². The van der Waals surface area contributed by atoms with E-state index in [4.69, 9.17) is 27.3 Å². The highest BCUT2D eigenvalue weighted by Crippen LogP contribution is 2.28. The monoisotopic (exact) mass is 417 g/mol. The van der Waals surface area contributed by atoms with Gasteiger partial charge in [0, 0.05) is 5.56 Å². The zero-order valence-corrected chi connectivity index (χ0v) is 17.9. The fourth-order valence-electron chi connectivity index (χ4n) is 3.33. The predicted octanol–water partition coefficient (Wildman–Crippen LogP) is 3.84. The number of aliphatic imine (C=N–C) groups is 1. The van der Waals surface area contributed by atoms with Gasteiger partial charge in [-0.15, -0.1) is 0 Å². The van der Waals surface area contributed by atoms with Crippen LogP contribution in [-0.4, -0.2) is 17.8 Å². The molecule has 160 valence electrons. The van der Waals surface area contributed by atoms with Gasteiger partial charge in [-0.2, -0.15) is 0 Å². The fourth-order valence-corrected chi connectivity index (χ4v) is 3.33. The number of carbonyl (C=O) groups excluding carboxylic acids is 1. The second-order valence-electron chi connectivity index (χ2n) is 8.64. The molecule has 0 fully saturated rings. The first-order chi connectivity index (χ1) is 14.5. The van der Waals surface area contributed by atoms with Crippen LogP contribution in [0.25, 0.3) is 10.8 Å². The van der Waals surface area contributed by atoms with Gasteiger partial charge in [0.15, 0.2) is 5.96 Å². The number of esters is 1. The molecule has 7 nitrogen and oxygen atoms in total. The number of ether oxygens (including phenoxy) is 1. The summed E-state index contributed by atoms with van der Waals surface area (Å²) in [5.74, 6) is -0.0487. The fraction of sp³-hybridized carbons (Fsp3) is 0.208. The van der Waals surface area contributed by atoms with Gasteiger partial charge in [-0.25, -0.2) is 9.79 Å². The van der Waals surface area contributed by atoms with E-state index in [2.05, 4.69) is 25.8 Å². The molecule has 7 heteroatoms. The highest BCUT2D eigenvalue weighted by Gasteiger charge is 2.20. The van der Waals surface area contributed by atoms with Crippen LogP contribution in [0.1, 0.15) is 42.3 Å². The Morgan fingerprint density at radius 3 is 2.29 bits per heavy atom. The van der Waals surface area contributed by atoms with Crippen LogP contribution in [0, 0.1) is 10.8 Å². The molecule has 0 aliphatic heterocycles. The summed E-state index contributed by atoms with van der Waals surface area (Å²) in [5, 5.41) is 9.35. The molecule has 0 aliphatic rings. The van der Waals surface area contributed by atoms with Crippen LogP contribution in [0.4, 0.5) is 5.69 Å². The lowest BCUT2D eigenvalue weighted by atomic mass is 9.86. The Bertz CT molecular complexity index is 1190. The Kier molecular flexibility index (Phi) is 5.97. The van der Waals surface area contributed by atoms with Gasteiger partial charge in [-0.3, -0.25) is 5.41 Å². The highest BCUT2D eigenvalue weighted by molar-refractivity contribution is 5.99. The van der Waals surface area contributed by atoms with Crippen molar-refractivity contribution in [1.82, 2.24) is 0 Å². The summed E-state index contributed by atoms with van der Waals surface area (Å²) in [7, 11) is 0. The molecule has 0 unspecified atom stereocenters. The molecule has 0 amide bonds. The summed E-state index contributed by atoms with van der Waals surface area (Å²) >= 11 is 0. The van der Waals surface area contributed by atoms with Gasteiger partial charge in [0.25, 0.3) is 0 Å². The minimum absolute atomic E-state index is 0.00737. The summed E-state index contributed by atoms with van der Waals surface area (Å²) in [5.41, 5.74) is 19.0. The highest BCUT2D eigenvalue weighted by atomic mass is 16.5. The minimum atomic E-state index is -0.449. The molecule has 0 spiro atoms. The van der Waals surface area contributed by atoms with Crippen LogP contribution in [0.2, 0.25) is 0 Å². The molecule has 0 aromatic heterocycles. The van der Waals surface area contributed by atoms with Gasteiger partial charge in [-0.05, 0) is 64.6 Å². The van der Waals surface area contributed by atoms with Crippen molar-refractivity contribution in [3.05, 3.63) is 71.3 Å². The number of nitrogens with zero attached hydrogens (tertiary/aromatic N) is 1. The van der Waals surface area contributed by atoms with Gasteiger partial charge in [0.1, 0.15) is 11.6 Å². The zero-order valence-electron chi connectivity index (χ0n) is 17.9. The summed E-state index contributed by atoms with van der Waals surface area (Å²) in [6.45, 7) is 6.27. The van der Waals surface area contributed by atoms with Crippen LogP contribution in [-0.2, 0) is 6.42 Å². The van der Waals surface area contributed by atoms with Crippen molar-refractivity contribution in [2.75, 3.05) is 0 Å². The van der Waals surface area contributed by atoms with E-state index in [1.807, 2.05) is 24.3 Å². The molecular formula is C24H27N5O2. The molecule has 3 rings (SSSR count). The standard InChI is InChI=1S/C24H27N5O2/c1-24(2,3)13-17-11-18(29-23(27)28)7-9-20(17)22(30)31-19-8-6-14-10-16(21(25)26)5-4-15(14)12-19/h4-12H,13H2,1-3H3,(H3,25,26)(H4,27,28,29). The third kappa shape index (κ3) is 5.60. The van der Waals surface area contributed by atoms with E-state index in [9.17, 15) is 4.79 Å². The topological polar surface area (TPSA) is 141 Å². The second-order valence-corrected chi connectivity index (χ2v) is 8.64. The summed E-state index contributed by atoms with van der Waals surface area (Å²) in [6.07, 6.45) is 0.650. The van der Waals surface area contributed by atoms with E-state index in [1.54, 1.807) is 30.3 Å². The van der Waals surface area contributed by atoms with Gasteiger partial charge >= 0.3 is 5.97 Å². The Labute approximate surface area is 181 Å². The number of hydrogen-bond acceptors (Lipinski definition) is 4. The molecule has 0 saturated carbocycles. The molecule has 0 saturated heterocycles. The zero-order chi connectivity index (χ0) is 22.8. The number of guanidine groups is 1. The molecule has 31 heavy (non-hydrogen) atoms. The number of nitrogen functional groups attached to an aromatic ring is 1. The van der Waals surface area contributed by atoms with E-state index >= 15 is 0 Å². The average Bonchev–Trinajstić information content (AvgIpc) is 2.65. The van der Waals surface area contributed by atoms with Crippen LogP contribution >= 0.6 is 0 Å². The van der Waals surface area contributed by atoms with Gasteiger partial charge in [0.05, 0.1) is 11.3 Å². The lowest BCUT2D eigenvalue weighted by Crippen LogP contribution is -2.22. The Morgan fingerprint density at radius 2 is 1.65 bits per heavy atom. The molecule has 3 aromatic rings. The SMILES string of the molecule is CC(C)(C)Cc1cc(N=C(N)N)ccc1C(=O)Oc1ccc2cc(C(=N)N)ccc2c1. The molecule has 7 N–H and O–H groups in total. The van der Waals surface area contributed by atoms with E-state index in [-0.39, 0.29) is 17.2 Å². The van der Waals surface area contributed by atoms with Crippen molar-refractivity contribution < 1.29 is 9.53 Å². The minimum Gasteiger partial charge on any atom is -0.423 e. The second kappa shape index (κ2) is 8.47. The summed E-state index contributed by atoms with van der Waals surface area (Å²) in [4.78, 5) is 17.1. The lowest BCUT2D eigenvalue weighted by Gasteiger charge is -2.20. The number of benzene rings is 3. The van der Waals surface area contributed by atoms with Gasteiger partial charge < -0.3 is 21.9 Å². The van der Waals surface area contributed by atoms with Crippen molar-refractivity contribution >= 4 is 34.2 Å². The number of fused-ring (bicyclic) bond motifs is 1. The third-order valence-corrected chi connectivity index (χ3v) is 4.62. The maximum atomic E-state index is 13.0. The first-order valence-electron chi connectivity index (χ1n) is 9.85.